The molecule has 0 saturated carbocycles. The number of carbonyl (C=O) groups excluding carboxylic acids is 1. The highest BCUT2D eigenvalue weighted by Gasteiger charge is 2.29. The SMILES string of the molecule is C=CC(=O)Nc1cc(Nc2nccc(-c3cc(C#N)c4c(c3)c(C)cn4C)n2)c(OCC(F)(F)F)cc1N(C)CCN(C)C. The quantitative estimate of drug-likeness (QED) is 0.212. The normalized spacial score (nSPS) is 11.4. The van der Waals surface area contributed by atoms with Crippen LogP contribution in [0, 0.1) is 18.3 Å². The van der Waals surface area contributed by atoms with Gasteiger partial charge in [0.25, 0.3) is 0 Å². The number of rotatable bonds is 11. The van der Waals surface area contributed by atoms with E-state index in [0.717, 1.165) is 22.5 Å². The Kier molecular flexibility index (Phi) is 9.44. The van der Waals surface area contributed by atoms with Crippen LogP contribution in [0.3, 0.4) is 0 Å². The van der Waals surface area contributed by atoms with Crippen LogP contribution in [0.2, 0.25) is 0 Å². The van der Waals surface area contributed by atoms with E-state index in [1.54, 1.807) is 24.1 Å². The van der Waals surface area contributed by atoms with Gasteiger partial charge in [-0.05, 0) is 56.9 Å². The summed E-state index contributed by atoms with van der Waals surface area (Å²) in [5.41, 5.74) is 4.28. The van der Waals surface area contributed by atoms with Crippen molar-refractivity contribution in [2.75, 3.05) is 56.4 Å². The lowest BCUT2D eigenvalue weighted by Crippen LogP contribution is -2.29. The number of nitriles is 1. The van der Waals surface area contributed by atoms with Gasteiger partial charge in [-0.3, -0.25) is 4.79 Å². The largest absolute Gasteiger partial charge is 0.482 e. The standard InChI is InChI=1S/C31H33F3N8O2/c1-7-28(43)37-24-14-25(27(44-18-31(32,33)34)15-26(24)41(5)11-10-40(3)4)39-30-36-9-8-23(38-30)20-12-21(16-35)29-22(13-20)19(2)17-42(29)6/h7-9,12-15,17H,1,10-11,18H2,2-6H3,(H,37,43)(H,36,38,39). The molecule has 230 valence electrons. The maximum absolute atomic E-state index is 13.2. The molecule has 2 heterocycles. The number of alkyl halides is 3. The summed E-state index contributed by atoms with van der Waals surface area (Å²) in [6.45, 7) is 5.07. The van der Waals surface area contributed by atoms with Crippen molar-refractivity contribution in [3.63, 3.8) is 0 Å². The number of ether oxygens (including phenoxy) is 1. The first kappa shape index (κ1) is 31.8. The zero-order valence-corrected chi connectivity index (χ0v) is 25.1. The van der Waals surface area contributed by atoms with Crippen LogP contribution in [0.1, 0.15) is 11.1 Å². The van der Waals surface area contributed by atoms with E-state index in [-0.39, 0.29) is 17.4 Å². The molecule has 0 fully saturated rings. The highest BCUT2D eigenvalue weighted by atomic mass is 19.4. The highest BCUT2D eigenvalue weighted by Crippen LogP contribution is 2.39. The van der Waals surface area contributed by atoms with E-state index in [0.29, 0.717) is 41.3 Å². The molecule has 0 bridgehead atoms. The Balaban J connectivity index is 1.78. The van der Waals surface area contributed by atoms with Crippen LogP contribution < -0.4 is 20.3 Å². The number of nitrogens with one attached hydrogen (secondary N) is 2. The van der Waals surface area contributed by atoms with Gasteiger partial charge in [0.1, 0.15) is 11.8 Å². The van der Waals surface area contributed by atoms with E-state index in [9.17, 15) is 23.2 Å². The van der Waals surface area contributed by atoms with Crippen molar-refractivity contribution in [1.82, 2.24) is 19.4 Å². The number of hydrogen-bond donors (Lipinski definition) is 2. The van der Waals surface area contributed by atoms with E-state index in [1.807, 2.05) is 49.8 Å². The number of hydrogen-bond acceptors (Lipinski definition) is 8. The molecule has 2 N–H and O–H groups in total. The summed E-state index contributed by atoms with van der Waals surface area (Å²) in [5.74, 6) is -0.550. The third-order valence-corrected chi connectivity index (χ3v) is 6.82. The Morgan fingerprint density at radius 2 is 1.93 bits per heavy atom. The third-order valence-electron chi connectivity index (χ3n) is 6.82. The van der Waals surface area contributed by atoms with Gasteiger partial charge in [-0.25, -0.2) is 9.97 Å². The second kappa shape index (κ2) is 13.0. The van der Waals surface area contributed by atoms with Crippen LogP contribution >= 0.6 is 0 Å². The molecule has 13 heteroatoms. The lowest BCUT2D eigenvalue weighted by Gasteiger charge is -2.26. The molecule has 0 spiro atoms. The molecule has 0 radical (unpaired) electrons. The second-order valence-electron chi connectivity index (χ2n) is 10.5. The molecule has 0 aliphatic carbocycles. The molecule has 2 aromatic heterocycles. The lowest BCUT2D eigenvalue weighted by molar-refractivity contribution is -0.153. The molecule has 2 aromatic carbocycles. The van der Waals surface area contributed by atoms with Crippen molar-refractivity contribution in [1.29, 1.82) is 5.26 Å². The number of aromatic nitrogens is 3. The number of likely N-dealkylation sites (N-methyl/N-ethyl adjacent to an activating group) is 2. The second-order valence-corrected chi connectivity index (χ2v) is 10.5. The minimum atomic E-state index is -4.59. The molecule has 4 rings (SSSR count). The Hall–Kier alpha value is -5.09. The monoisotopic (exact) mass is 606 g/mol. The number of anilines is 4. The molecule has 1 amide bonds. The summed E-state index contributed by atoms with van der Waals surface area (Å²) in [6.07, 6.45) is -0.0565. The van der Waals surface area contributed by atoms with Crippen LogP contribution in [-0.4, -0.2) is 72.4 Å². The first-order valence-corrected chi connectivity index (χ1v) is 13.6. The number of amides is 1. The van der Waals surface area contributed by atoms with E-state index >= 15 is 0 Å². The molecule has 44 heavy (non-hydrogen) atoms. The van der Waals surface area contributed by atoms with Gasteiger partial charge in [0, 0.05) is 56.6 Å². The van der Waals surface area contributed by atoms with Gasteiger partial charge in [-0.15, -0.1) is 0 Å². The predicted molar refractivity (Wildman–Crippen MR) is 165 cm³/mol. The van der Waals surface area contributed by atoms with E-state index in [1.165, 1.54) is 18.3 Å². The molecule has 0 unspecified atom stereocenters. The number of nitrogens with zero attached hydrogens (tertiary/aromatic N) is 6. The average Bonchev–Trinajstić information content (AvgIpc) is 3.27. The number of halogens is 3. The summed E-state index contributed by atoms with van der Waals surface area (Å²) in [4.78, 5) is 24.9. The fraction of sp³-hybridized carbons (Fsp3) is 0.290. The van der Waals surface area contributed by atoms with E-state index in [4.69, 9.17) is 4.74 Å². The Morgan fingerprint density at radius 3 is 2.59 bits per heavy atom. The maximum Gasteiger partial charge on any atom is 0.422 e. The smallest absolute Gasteiger partial charge is 0.422 e. The third kappa shape index (κ3) is 7.45. The molecule has 4 aromatic rings. The van der Waals surface area contributed by atoms with E-state index in [2.05, 4.69) is 33.2 Å². The first-order valence-electron chi connectivity index (χ1n) is 13.6. The minimum Gasteiger partial charge on any atom is -0.482 e. The van der Waals surface area contributed by atoms with Crippen molar-refractivity contribution in [3.8, 4) is 23.1 Å². The Labute approximate surface area is 253 Å². The van der Waals surface area contributed by atoms with Crippen LogP contribution in [0.15, 0.2) is 55.4 Å². The van der Waals surface area contributed by atoms with Gasteiger partial charge in [0.2, 0.25) is 11.9 Å². The molecule has 0 aliphatic heterocycles. The van der Waals surface area contributed by atoms with Crippen LogP contribution in [0.5, 0.6) is 5.75 Å². The van der Waals surface area contributed by atoms with Crippen molar-refractivity contribution in [3.05, 3.63) is 66.5 Å². The summed E-state index contributed by atoms with van der Waals surface area (Å²) in [5, 5.41) is 16.4. The molecule has 0 aliphatic rings. The van der Waals surface area contributed by atoms with Gasteiger partial charge in [0.05, 0.1) is 33.8 Å². The predicted octanol–water partition coefficient (Wildman–Crippen LogP) is 5.62. The summed E-state index contributed by atoms with van der Waals surface area (Å²) >= 11 is 0. The first-order chi connectivity index (χ1) is 20.8. The molecular weight excluding hydrogens is 573 g/mol. The summed E-state index contributed by atoms with van der Waals surface area (Å²) in [6, 6.07) is 10.5. The van der Waals surface area contributed by atoms with Crippen molar-refractivity contribution < 1.29 is 22.7 Å². The number of aryl methyl sites for hydroxylation is 2. The van der Waals surface area contributed by atoms with Gasteiger partial charge in [0.15, 0.2) is 6.61 Å². The Morgan fingerprint density at radius 1 is 1.18 bits per heavy atom. The van der Waals surface area contributed by atoms with Crippen LogP contribution in [0.25, 0.3) is 22.2 Å². The molecule has 0 saturated heterocycles. The maximum atomic E-state index is 13.2. The number of benzene rings is 2. The number of fused-ring (bicyclic) bond motifs is 1. The molecular formula is C31H33F3N8O2. The summed E-state index contributed by atoms with van der Waals surface area (Å²) in [7, 11) is 7.43. The van der Waals surface area contributed by atoms with Crippen LogP contribution in [-0.2, 0) is 11.8 Å². The van der Waals surface area contributed by atoms with Crippen molar-refractivity contribution in [2.45, 2.75) is 13.1 Å². The van der Waals surface area contributed by atoms with Gasteiger partial charge in [-0.1, -0.05) is 6.58 Å². The minimum absolute atomic E-state index is 0.0671. The highest BCUT2D eigenvalue weighted by molar-refractivity contribution is 6.02. The van der Waals surface area contributed by atoms with Gasteiger partial charge < -0.3 is 29.7 Å². The fourth-order valence-corrected chi connectivity index (χ4v) is 4.69. The van der Waals surface area contributed by atoms with Crippen molar-refractivity contribution >= 4 is 39.8 Å². The van der Waals surface area contributed by atoms with Crippen molar-refractivity contribution in [2.24, 2.45) is 7.05 Å². The summed E-state index contributed by atoms with van der Waals surface area (Å²) < 4.78 is 46.8. The zero-order chi connectivity index (χ0) is 32.2. The fourth-order valence-electron chi connectivity index (χ4n) is 4.69. The molecule has 10 nitrogen and oxygen atoms in total. The topological polar surface area (TPSA) is 111 Å². The zero-order valence-electron chi connectivity index (χ0n) is 25.1. The Bertz CT molecular complexity index is 1740. The van der Waals surface area contributed by atoms with Gasteiger partial charge >= 0.3 is 6.18 Å². The van der Waals surface area contributed by atoms with E-state index < -0.39 is 18.7 Å². The van der Waals surface area contributed by atoms with Crippen LogP contribution in [0.4, 0.5) is 36.2 Å². The average molecular weight is 607 g/mol. The lowest BCUT2D eigenvalue weighted by atomic mass is 10.0. The molecule has 0 atom stereocenters. The van der Waals surface area contributed by atoms with Gasteiger partial charge in [-0.2, -0.15) is 18.4 Å². The number of carbonyl (C=O) groups is 1.